The lowest BCUT2D eigenvalue weighted by Gasteiger charge is -2.05. The Morgan fingerprint density at radius 2 is 1.19 bits per heavy atom. The van der Waals surface area contributed by atoms with Gasteiger partial charge in [-0.2, -0.15) is 0 Å². The van der Waals surface area contributed by atoms with E-state index in [0.29, 0.717) is 12.2 Å². The van der Waals surface area contributed by atoms with Gasteiger partial charge in [0.1, 0.15) is 7.05 Å². The number of carbonyl (C=O) groups excluding carboxylic acids is 1. The second kappa shape index (κ2) is 18.7. The van der Waals surface area contributed by atoms with Crippen molar-refractivity contribution in [2.75, 3.05) is 6.61 Å². The van der Waals surface area contributed by atoms with E-state index in [1.54, 1.807) is 12.1 Å². The van der Waals surface area contributed by atoms with Crippen LogP contribution >= 0.6 is 0 Å². The Hall–Kier alpha value is -0.650. The molecule has 0 spiro atoms. The molecule has 4 heteroatoms. The number of pyridine rings is 1. The number of ether oxygens (including phenoxy) is 1. The normalized spacial score (nSPS) is 10.4. The van der Waals surface area contributed by atoms with Crippen LogP contribution in [0.5, 0.6) is 0 Å². The summed E-state index contributed by atoms with van der Waals surface area (Å²) in [6, 6.07) is 3.60. The van der Waals surface area contributed by atoms with Gasteiger partial charge < -0.3 is 28.7 Å². The summed E-state index contributed by atoms with van der Waals surface area (Å²) in [5.74, 6) is -0.208. The molecule has 0 N–H and O–H groups in total. The maximum absolute atomic E-state index is 11.9. The van der Waals surface area contributed by atoms with Crippen LogP contribution in [-0.4, -0.2) is 12.6 Å². The summed E-state index contributed by atoms with van der Waals surface area (Å²) in [6.45, 7) is 2.81. The van der Waals surface area contributed by atoms with Crippen LogP contribution in [-0.2, 0) is 11.8 Å². The van der Waals surface area contributed by atoms with Crippen molar-refractivity contribution in [3.05, 3.63) is 30.1 Å². The van der Waals surface area contributed by atoms with Crippen LogP contribution in [0.1, 0.15) is 107 Å². The van der Waals surface area contributed by atoms with E-state index in [-0.39, 0.29) is 29.9 Å². The van der Waals surface area contributed by atoms with E-state index in [2.05, 4.69) is 6.92 Å². The Morgan fingerprint density at radius 3 is 1.63 bits per heavy atom. The van der Waals surface area contributed by atoms with Gasteiger partial charge in [0.15, 0.2) is 12.4 Å². The Balaban J connectivity index is 0.00000676. The first-order valence-corrected chi connectivity index (χ1v) is 10.9. The first kappa shape index (κ1) is 26.4. The van der Waals surface area contributed by atoms with E-state index in [0.717, 1.165) is 12.8 Å². The number of rotatable bonds is 16. The van der Waals surface area contributed by atoms with Gasteiger partial charge in [-0.15, -0.1) is 0 Å². The van der Waals surface area contributed by atoms with Crippen molar-refractivity contribution < 1.29 is 38.1 Å². The van der Waals surface area contributed by atoms with E-state index < -0.39 is 0 Å². The highest BCUT2D eigenvalue weighted by atomic mass is 127. The standard InChI is InChI=1S/C23H40NO2.HI/c1-3-4-5-6-7-8-9-10-11-12-13-14-15-16-21-26-23(25)22-17-19-24(2)20-18-22;/h17-20H,3-16,21H2,1-2H3;1H/q+1;/p-1. The fourth-order valence-electron chi connectivity index (χ4n) is 3.18. The molecule has 0 bridgehead atoms. The van der Waals surface area contributed by atoms with Crippen LogP contribution in [0.4, 0.5) is 0 Å². The molecule has 0 saturated heterocycles. The van der Waals surface area contributed by atoms with Gasteiger partial charge in [-0.1, -0.05) is 90.4 Å². The minimum atomic E-state index is -0.208. The maximum Gasteiger partial charge on any atom is 0.338 e. The third-order valence-electron chi connectivity index (χ3n) is 4.95. The number of hydrogen-bond donors (Lipinski definition) is 0. The zero-order valence-corrected chi connectivity index (χ0v) is 19.7. The maximum atomic E-state index is 11.9. The number of aryl methyl sites for hydroxylation is 1. The molecule has 0 fully saturated rings. The van der Waals surface area contributed by atoms with Crippen LogP contribution in [0.15, 0.2) is 24.5 Å². The summed E-state index contributed by atoms with van der Waals surface area (Å²) in [4.78, 5) is 11.9. The molecule has 3 nitrogen and oxygen atoms in total. The Labute approximate surface area is 184 Å². The molecule has 0 unspecified atom stereocenters. The lowest BCUT2D eigenvalue weighted by atomic mass is 10.0. The largest absolute Gasteiger partial charge is 1.00 e. The highest BCUT2D eigenvalue weighted by Gasteiger charge is 2.07. The second-order valence-electron chi connectivity index (χ2n) is 7.48. The molecular formula is C23H40INO2. The molecule has 0 saturated carbocycles. The fraction of sp³-hybridized carbons (Fsp3) is 0.739. The average molecular weight is 489 g/mol. The minimum Gasteiger partial charge on any atom is -1.00 e. The van der Waals surface area contributed by atoms with Gasteiger partial charge in [0, 0.05) is 12.1 Å². The SMILES string of the molecule is CCCCCCCCCCCCCCCCOC(=O)c1cc[n+](C)cc1.[I-]. The Kier molecular flexibility index (Phi) is 18.3. The molecule has 0 atom stereocenters. The molecule has 1 aromatic rings. The summed E-state index contributed by atoms with van der Waals surface area (Å²) in [5.41, 5.74) is 0.633. The molecule has 0 aliphatic carbocycles. The molecule has 27 heavy (non-hydrogen) atoms. The monoisotopic (exact) mass is 489 g/mol. The van der Waals surface area contributed by atoms with Crippen molar-refractivity contribution in [1.82, 2.24) is 0 Å². The summed E-state index contributed by atoms with van der Waals surface area (Å²) in [7, 11) is 1.93. The van der Waals surface area contributed by atoms with Gasteiger partial charge in [0.25, 0.3) is 0 Å². The van der Waals surface area contributed by atoms with Crippen molar-refractivity contribution >= 4 is 5.97 Å². The van der Waals surface area contributed by atoms with E-state index in [1.165, 1.54) is 77.0 Å². The van der Waals surface area contributed by atoms with Gasteiger partial charge in [-0.3, -0.25) is 0 Å². The molecule has 0 radical (unpaired) electrons. The first-order valence-electron chi connectivity index (χ1n) is 10.9. The second-order valence-corrected chi connectivity index (χ2v) is 7.48. The highest BCUT2D eigenvalue weighted by molar-refractivity contribution is 5.88. The quantitative estimate of drug-likeness (QED) is 0.155. The predicted molar refractivity (Wildman–Crippen MR) is 108 cm³/mol. The summed E-state index contributed by atoms with van der Waals surface area (Å²) >= 11 is 0. The van der Waals surface area contributed by atoms with Gasteiger partial charge in [-0.25, -0.2) is 9.36 Å². The van der Waals surface area contributed by atoms with Gasteiger partial charge in [-0.05, 0) is 6.42 Å². The van der Waals surface area contributed by atoms with Crippen LogP contribution in [0.25, 0.3) is 0 Å². The van der Waals surface area contributed by atoms with Gasteiger partial charge in [0.05, 0.1) is 12.2 Å². The van der Waals surface area contributed by atoms with E-state index in [4.69, 9.17) is 4.74 Å². The third kappa shape index (κ3) is 15.0. The van der Waals surface area contributed by atoms with Gasteiger partial charge >= 0.3 is 5.97 Å². The molecule has 0 aromatic carbocycles. The van der Waals surface area contributed by atoms with E-state index in [1.807, 2.05) is 24.0 Å². The predicted octanol–water partition coefficient (Wildman–Crippen LogP) is 3.15. The van der Waals surface area contributed by atoms with Crippen LogP contribution in [0.2, 0.25) is 0 Å². The number of unbranched alkanes of at least 4 members (excludes halogenated alkanes) is 13. The zero-order valence-electron chi connectivity index (χ0n) is 17.6. The lowest BCUT2D eigenvalue weighted by Crippen LogP contribution is -3.00. The number of hydrogen-bond acceptors (Lipinski definition) is 2. The van der Waals surface area contributed by atoms with Crippen molar-refractivity contribution in [3.63, 3.8) is 0 Å². The van der Waals surface area contributed by atoms with Crippen molar-refractivity contribution in [2.24, 2.45) is 7.05 Å². The number of carbonyl (C=O) groups is 1. The van der Waals surface area contributed by atoms with E-state index in [9.17, 15) is 4.79 Å². The molecule has 156 valence electrons. The summed E-state index contributed by atoms with van der Waals surface area (Å²) in [6.07, 6.45) is 22.5. The molecule has 0 aliphatic rings. The van der Waals surface area contributed by atoms with Crippen LogP contribution in [0.3, 0.4) is 0 Å². The number of esters is 1. The number of aromatic nitrogens is 1. The third-order valence-corrected chi connectivity index (χ3v) is 4.95. The molecule has 0 amide bonds. The number of halogens is 1. The van der Waals surface area contributed by atoms with Crippen LogP contribution in [0, 0.1) is 0 Å². The average Bonchev–Trinajstić information content (AvgIpc) is 2.65. The number of nitrogens with zero attached hydrogens (tertiary/aromatic N) is 1. The van der Waals surface area contributed by atoms with Gasteiger partial charge in [0.2, 0.25) is 0 Å². The Morgan fingerprint density at radius 1 is 0.778 bits per heavy atom. The van der Waals surface area contributed by atoms with Crippen molar-refractivity contribution in [3.8, 4) is 0 Å². The first-order chi connectivity index (χ1) is 12.7. The van der Waals surface area contributed by atoms with Crippen molar-refractivity contribution in [2.45, 2.75) is 96.8 Å². The van der Waals surface area contributed by atoms with Crippen LogP contribution < -0.4 is 28.5 Å². The summed E-state index contributed by atoms with van der Waals surface area (Å²) in [5, 5.41) is 0. The molecule has 1 heterocycles. The minimum absolute atomic E-state index is 0. The smallest absolute Gasteiger partial charge is 0.338 e. The zero-order chi connectivity index (χ0) is 18.9. The highest BCUT2D eigenvalue weighted by Crippen LogP contribution is 2.13. The van der Waals surface area contributed by atoms with E-state index >= 15 is 0 Å². The fourth-order valence-corrected chi connectivity index (χ4v) is 3.18. The lowest BCUT2D eigenvalue weighted by molar-refractivity contribution is -0.671. The molecular weight excluding hydrogens is 449 g/mol. The Bertz CT molecular complexity index is 462. The topological polar surface area (TPSA) is 30.2 Å². The summed E-state index contributed by atoms with van der Waals surface area (Å²) < 4.78 is 7.23. The van der Waals surface area contributed by atoms with Crippen molar-refractivity contribution in [1.29, 1.82) is 0 Å². The molecule has 1 rings (SSSR count). The molecule has 0 aliphatic heterocycles. The molecule has 1 aromatic heterocycles.